The number of carbonyl (C=O) groups excluding carboxylic acids is 1. The number of anilines is 1. The summed E-state index contributed by atoms with van der Waals surface area (Å²) in [6.07, 6.45) is 0.902. The molecule has 0 fully saturated rings. The Balaban J connectivity index is 1.65. The van der Waals surface area contributed by atoms with Crippen molar-refractivity contribution in [3.8, 4) is 0 Å². The highest BCUT2D eigenvalue weighted by Gasteiger charge is 2.56. The number of pyridine rings is 1. The number of aliphatic hydroxyl groups excluding tert-OH is 1. The topological polar surface area (TPSA) is 121 Å². The Morgan fingerprint density at radius 1 is 1.54 bits per heavy atom. The summed E-state index contributed by atoms with van der Waals surface area (Å²) in [4.78, 5) is 23.1. The molecule has 2 aliphatic rings. The van der Waals surface area contributed by atoms with Crippen molar-refractivity contribution in [2.75, 3.05) is 19.0 Å². The third-order valence-electron chi connectivity index (χ3n) is 5.09. The molecule has 1 amide bonds. The number of fused-ring (bicyclic) bond motifs is 2. The molecule has 2 aromatic rings. The van der Waals surface area contributed by atoms with Crippen molar-refractivity contribution in [1.82, 2.24) is 9.29 Å². The second-order valence-corrected chi connectivity index (χ2v) is 9.65. The summed E-state index contributed by atoms with van der Waals surface area (Å²) in [6.45, 7) is 1.77. The fourth-order valence-electron chi connectivity index (χ4n) is 3.70. The molecule has 0 saturated carbocycles. The van der Waals surface area contributed by atoms with E-state index in [0.717, 1.165) is 16.1 Å². The molecule has 1 spiro atoms. The van der Waals surface area contributed by atoms with Crippen LogP contribution in [0.4, 0.5) is 5.82 Å². The lowest BCUT2D eigenvalue weighted by molar-refractivity contribution is 0.103. The van der Waals surface area contributed by atoms with Gasteiger partial charge in [0, 0.05) is 30.6 Å². The molecule has 3 unspecified atom stereocenters. The van der Waals surface area contributed by atoms with Crippen LogP contribution in [0.25, 0.3) is 0 Å². The molecule has 28 heavy (non-hydrogen) atoms. The summed E-state index contributed by atoms with van der Waals surface area (Å²) < 4.78 is 14.3. The summed E-state index contributed by atoms with van der Waals surface area (Å²) >= 11 is 1.34. The molecular weight excluding hydrogens is 398 g/mol. The Bertz CT molecular complexity index is 1000. The van der Waals surface area contributed by atoms with Gasteiger partial charge in [0.25, 0.3) is 5.91 Å². The zero-order valence-corrected chi connectivity index (χ0v) is 17.1. The van der Waals surface area contributed by atoms with Crippen LogP contribution in [-0.2, 0) is 22.9 Å². The van der Waals surface area contributed by atoms with Crippen molar-refractivity contribution < 1.29 is 14.1 Å². The predicted molar refractivity (Wildman–Crippen MR) is 110 cm³/mol. The average Bonchev–Trinajstić information content (AvgIpc) is 3.01. The number of aryl methyl sites for hydroxylation is 1. The first-order valence-electron chi connectivity index (χ1n) is 8.84. The largest absolute Gasteiger partial charge is 0.396 e. The molecule has 0 aromatic carbocycles. The van der Waals surface area contributed by atoms with Gasteiger partial charge in [-0.15, -0.1) is 11.3 Å². The molecule has 10 heteroatoms. The van der Waals surface area contributed by atoms with Gasteiger partial charge in [0.15, 0.2) is 0 Å². The lowest BCUT2D eigenvalue weighted by atomic mass is 9.74. The van der Waals surface area contributed by atoms with Crippen molar-refractivity contribution in [1.29, 1.82) is 0 Å². The fraction of sp³-hybridized carbons (Fsp3) is 0.389. The van der Waals surface area contributed by atoms with Crippen molar-refractivity contribution in [3.05, 3.63) is 45.3 Å². The number of aliphatic hydroxyl groups is 1. The van der Waals surface area contributed by atoms with Crippen LogP contribution in [0.1, 0.15) is 32.2 Å². The lowest BCUT2D eigenvalue weighted by Crippen LogP contribution is -2.58. The summed E-state index contributed by atoms with van der Waals surface area (Å²) in [5.41, 5.74) is 7.08. The van der Waals surface area contributed by atoms with Crippen LogP contribution in [0.5, 0.6) is 0 Å². The number of thiophene rings is 1. The van der Waals surface area contributed by atoms with Gasteiger partial charge < -0.3 is 16.2 Å². The Labute approximate surface area is 169 Å². The molecular formula is C18H21N5O3S2. The molecule has 3 atom stereocenters. The predicted octanol–water partition coefficient (Wildman–Crippen LogP) is 1.13. The van der Waals surface area contributed by atoms with Crippen LogP contribution < -0.4 is 11.1 Å². The number of aromatic nitrogens is 1. The van der Waals surface area contributed by atoms with Crippen molar-refractivity contribution in [2.24, 2.45) is 10.7 Å². The van der Waals surface area contributed by atoms with E-state index in [4.69, 9.17) is 5.73 Å². The number of guanidine groups is 1. The summed E-state index contributed by atoms with van der Waals surface area (Å²) in [6, 6.07) is 7.28. The van der Waals surface area contributed by atoms with Crippen LogP contribution in [0, 0.1) is 6.92 Å². The van der Waals surface area contributed by atoms with E-state index < -0.39 is 16.5 Å². The number of amides is 1. The van der Waals surface area contributed by atoms with Gasteiger partial charge in [0.2, 0.25) is 5.96 Å². The molecule has 0 radical (unpaired) electrons. The van der Waals surface area contributed by atoms with Gasteiger partial charge in [-0.3, -0.25) is 9.10 Å². The van der Waals surface area contributed by atoms with Crippen molar-refractivity contribution >= 4 is 40.0 Å². The number of nitrogens with two attached hydrogens (primary N) is 1. The highest BCUT2D eigenvalue weighted by molar-refractivity contribution is 7.84. The van der Waals surface area contributed by atoms with Crippen LogP contribution in [0.2, 0.25) is 0 Å². The van der Waals surface area contributed by atoms with E-state index >= 15 is 0 Å². The van der Waals surface area contributed by atoms with Gasteiger partial charge in [-0.2, -0.15) is 0 Å². The summed E-state index contributed by atoms with van der Waals surface area (Å²) in [5, 5.41) is 11.9. The van der Waals surface area contributed by atoms with Gasteiger partial charge in [0.05, 0.1) is 10.1 Å². The monoisotopic (exact) mass is 419 g/mol. The first-order chi connectivity index (χ1) is 13.4. The van der Waals surface area contributed by atoms with Gasteiger partial charge in [0.1, 0.15) is 22.3 Å². The van der Waals surface area contributed by atoms with Crippen LogP contribution in [0.3, 0.4) is 0 Å². The second-order valence-electron chi connectivity index (χ2n) is 6.93. The molecule has 3 heterocycles. The minimum absolute atomic E-state index is 0.0888. The van der Waals surface area contributed by atoms with E-state index in [0.29, 0.717) is 23.5 Å². The molecule has 4 rings (SSSR count). The maximum Gasteiger partial charge on any atom is 0.266 e. The summed E-state index contributed by atoms with van der Waals surface area (Å²) in [7, 11) is 0.233. The number of hydrogen-bond donors (Lipinski definition) is 3. The van der Waals surface area contributed by atoms with E-state index in [9.17, 15) is 14.1 Å². The van der Waals surface area contributed by atoms with E-state index in [1.807, 2.05) is 25.1 Å². The standard InChI is InChI=1S/C18H21N5O3S2/c1-10-4-3-5-14(20-10)21-16(25)12-8-11-9-18(15(11)27-12)13(6-7-24)28(26)23(2)17(19)22-18/h3-5,8,13,24H,6-7,9H2,1-2H3,(H2,19,22)(H,20,21,25). The van der Waals surface area contributed by atoms with E-state index in [1.165, 1.54) is 15.6 Å². The van der Waals surface area contributed by atoms with E-state index in [-0.39, 0.29) is 23.7 Å². The van der Waals surface area contributed by atoms with Crippen LogP contribution in [-0.4, -0.2) is 49.4 Å². The Kier molecular flexibility index (Phi) is 4.72. The van der Waals surface area contributed by atoms with Crippen molar-refractivity contribution in [2.45, 2.75) is 30.6 Å². The minimum Gasteiger partial charge on any atom is -0.396 e. The molecule has 1 aliphatic carbocycles. The molecule has 4 N–H and O–H groups in total. The molecule has 0 saturated heterocycles. The smallest absolute Gasteiger partial charge is 0.266 e. The van der Waals surface area contributed by atoms with Crippen LogP contribution >= 0.6 is 11.3 Å². The summed E-state index contributed by atoms with van der Waals surface area (Å²) in [5.74, 6) is 0.468. The zero-order chi connectivity index (χ0) is 20.1. The number of rotatable bonds is 4. The fourth-order valence-corrected chi connectivity index (χ4v) is 6.54. The quantitative estimate of drug-likeness (QED) is 0.686. The zero-order valence-electron chi connectivity index (χ0n) is 15.5. The van der Waals surface area contributed by atoms with E-state index in [1.54, 1.807) is 13.1 Å². The number of nitrogens with one attached hydrogen (secondary N) is 1. The first kappa shape index (κ1) is 19.0. The molecule has 148 valence electrons. The molecule has 0 bridgehead atoms. The normalized spacial score (nSPS) is 25.8. The minimum atomic E-state index is -1.40. The van der Waals surface area contributed by atoms with E-state index in [2.05, 4.69) is 15.3 Å². The highest BCUT2D eigenvalue weighted by Crippen LogP contribution is 2.53. The van der Waals surface area contributed by atoms with Crippen LogP contribution in [0.15, 0.2) is 29.3 Å². The number of carbonyl (C=O) groups is 1. The second kappa shape index (κ2) is 6.94. The molecule has 1 aliphatic heterocycles. The molecule has 8 nitrogen and oxygen atoms in total. The van der Waals surface area contributed by atoms with Crippen molar-refractivity contribution in [3.63, 3.8) is 0 Å². The van der Waals surface area contributed by atoms with Gasteiger partial charge in [-0.25, -0.2) is 14.2 Å². The third kappa shape index (κ3) is 2.92. The molecule has 2 aromatic heterocycles. The Morgan fingerprint density at radius 3 is 3.04 bits per heavy atom. The number of aliphatic imine (C=N–C) groups is 1. The lowest BCUT2D eigenvalue weighted by Gasteiger charge is -2.47. The number of nitrogens with zero attached hydrogens (tertiary/aromatic N) is 3. The highest BCUT2D eigenvalue weighted by atomic mass is 32.2. The first-order valence-corrected chi connectivity index (χ1v) is 10.8. The average molecular weight is 420 g/mol. The van der Waals surface area contributed by atoms with Gasteiger partial charge in [-0.1, -0.05) is 6.07 Å². The Morgan fingerprint density at radius 2 is 2.32 bits per heavy atom. The Hall–Kier alpha value is -2.30. The van der Waals surface area contributed by atoms with Gasteiger partial charge in [-0.05, 0) is 37.1 Å². The number of hydrogen-bond acceptors (Lipinski definition) is 7. The third-order valence-corrected chi connectivity index (χ3v) is 8.27. The maximum atomic E-state index is 12.8. The SMILES string of the molecule is Cc1cccc(NC(=O)c2cc3c(s2)C2(C3)N=C(N)N(C)S(=O)C2CCO)n1. The van der Waals surface area contributed by atoms with Gasteiger partial charge >= 0.3 is 0 Å². The maximum absolute atomic E-state index is 12.8.